The van der Waals surface area contributed by atoms with Crippen molar-refractivity contribution < 1.29 is 28.6 Å². The van der Waals surface area contributed by atoms with E-state index in [2.05, 4.69) is 6.58 Å². The van der Waals surface area contributed by atoms with Crippen LogP contribution in [0.4, 0.5) is 0 Å². The smallest absolute Gasteiger partial charge is 0.337 e. The standard InChI is InChI=1S/C20H24O6/c1-5-13-11-20(18(22)25-6-2,19(23)26-7-3)12-15-9-8-14(10-16(13)15)17(21)24-4/h5,8-10,13H,1,6-7,11-12H2,2-4H3. The summed E-state index contributed by atoms with van der Waals surface area (Å²) in [7, 11) is 1.32. The van der Waals surface area contributed by atoms with E-state index in [1.807, 2.05) is 0 Å². The molecule has 6 heteroatoms. The summed E-state index contributed by atoms with van der Waals surface area (Å²) in [5.74, 6) is -1.92. The monoisotopic (exact) mass is 360 g/mol. The molecule has 0 N–H and O–H groups in total. The van der Waals surface area contributed by atoms with Crippen LogP contribution in [-0.2, 0) is 30.2 Å². The molecule has 140 valence electrons. The number of hydrogen-bond donors (Lipinski definition) is 0. The Balaban J connectivity index is 2.53. The Morgan fingerprint density at radius 2 is 1.81 bits per heavy atom. The van der Waals surface area contributed by atoms with Gasteiger partial charge in [-0.3, -0.25) is 9.59 Å². The van der Waals surface area contributed by atoms with Gasteiger partial charge in [-0.05, 0) is 49.9 Å². The lowest BCUT2D eigenvalue weighted by atomic mass is 9.66. The van der Waals surface area contributed by atoms with Crippen molar-refractivity contribution in [3.8, 4) is 0 Å². The van der Waals surface area contributed by atoms with Crippen LogP contribution in [0.5, 0.6) is 0 Å². The van der Waals surface area contributed by atoms with Crippen LogP contribution in [0.15, 0.2) is 30.9 Å². The minimum absolute atomic E-state index is 0.159. The molecule has 1 atom stereocenters. The molecule has 1 unspecified atom stereocenters. The molecule has 1 aromatic carbocycles. The highest BCUT2D eigenvalue weighted by Crippen LogP contribution is 2.45. The zero-order chi connectivity index (χ0) is 19.3. The topological polar surface area (TPSA) is 78.9 Å². The molecule has 1 aromatic rings. The van der Waals surface area contributed by atoms with E-state index in [1.165, 1.54) is 7.11 Å². The lowest BCUT2D eigenvalue weighted by Crippen LogP contribution is -2.47. The van der Waals surface area contributed by atoms with Gasteiger partial charge in [0.05, 0.1) is 25.9 Å². The Kier molecular flexibility index (Phi) is 6.18. The zero-order valence-electron chi connectivity index (χ0n) is 15.4. The van der Waals surface area contributed by atoms with E-state index in [9.17, 15) is 14.4 Å². The van der Waals surface area contributed by atoms with Crippen molar-refractivity contribution >= 4 is 17.9 Å². The highest BCUT2D eigenvalue weighted by Gasteiger charge is 2.52. The normalized spacial score (nSPS) is 17.6. The highest BCUT2D eigenvalue weighted by atomic mass is 16.6. The lowest BCUT2D eigenvalue weighted by molar-refractivity contribution is -0.173. The fraction of sp³-hybridized carbons (Fsp3) is 0.450. The Labute approximate surface area is 153 Å². The third-order valence-electron chi connectivity index (χ3n) is 4.64. The number of carbonyl (C=O) groups excluding carboxylic acids is 3. The number of hydrogen-bond acceptors (Lipinski definition) is 6. The number of carbonyl (C=O) groups is 3. The van der Waals surface area contributed by atoms with E-state index in [0.29, 0.717) is 5.56 Å². The second-order valence-electron chi connectivity index (χ2n) is 6.15. The summed E-state index contributed by atoms with van der Waals surface area (Å²) in [5.41, 5.74) is 0.643. The number of benzene rings is 1. The van der Waals surface area contributed by atoms with Crippen LogP contribution < -0.4 is 0 Å². The molecule has 0 saturated carbocycles. The van der Waals surface area contributed by atoms with Gasteiger partial charge in [0.2, 0.25) is 0 Å². The van der Waals surface area contributed by atoms with Crippen molar-refractivity contribution in [2.75, 3.05) is 20.3 Å². The Morgan fingerprint density at radius 3 is 2.31 bits per heavy atom. The Morgan fingerprint density at radius 1 is 1.19 bits per heavy atom. The molecule has 0 aromatic heterocycles. The molecule has 0 heterocycles. The van der Waals surface area contributed by atoms with E-state index in [-0.39, 0.29) is 32.0 Å². The van der Waals surface area contributed by atoms with E-state index in [4.69, 9.17) is 14.2 Å². The third kappa shape index (κ3) is 3.49. The Bertz CT molecular complexity index is 703. The molecule has 0 spiro atoms. The van der Waals surface area contributed by atoms with Gasteiger partial charge in [-0.2, -0.15) is 0 Å². The minimum Gasteiger partial charge on any atom is -0.465 e. The lowest BCUT2D eigenvalue weighted by Gasteiger charge is -2.37. The molecule has 0 radical (unpaired) electrons. The van der Waals surface area contributed by atoms with Gasteiger partial charge in [-0.15, -0.1) is 6.58 Å². The number of rotatable bonds is 6. The molecular formula is C20H24O6. The molecule has 0 saturated heterocycles. The summed E-state index contributed by atoms with van der Waals surface area (Å²) in [6.45, 7) is 7.57. The molecule has 26 heavy (non-hydrogen) atoms. The first-order valence-corrected chi connectivity index (χ1v) is 8.61. The maximum atomic E-state index is 12.7. The van der Waals surface area contributed by atoms with Crippen LogP contribution in [0.2, 0.25) is 0 Å². The fourth-order valence-electron chi connectivity index (χ4n) is 3.37. The van der Waals surface area contributed by atoms with E-state index < -0.39 is 23.3 Å². The van der Waals surface area contributed by atoms with E-state index in [1.54, 1.807) is 38.1 Å². The maximum Gasteiger partial charge on any atom is 0.337 e. The van der Waals surface area contributed by atoms with Gasteiger partial charge in [-0.25, -0.2) is 4.79 Å². The summed E-state index contributed by atoms with van der Waals surface area (Å²) in [5, 5.41) is 0. The fourth-order valence-corrected chi connectivity index (χ4v) is 3.37. The molecular weight excluding hydrogens is 336 g/mol. The third-order valence-corrected chi connectivity index (χ3v) is 4.64. The van der Waals surface area contributed by atoms with Crippen LogP contribution in [0.3, 0.4) is 0 Å². The van der Waals surface area contributed by atoms with Crippen molar-refractivity contribution in [1.29, 1.82) is 0 Å². The predicted octanol–water partition coefficient (Wildman–Crippen LogP) is 2.80. The van der Waals surface area contributed by atoms with E-state index in [0.717, 1.165) is 11.1 Å². The van der Waals surface area contributed by atoms with E-state index >= 15 is 0 Å². The minimum atomic E-state index is -1.41. The second-order valence-corrected chi connectivity index (χ2v) is 6.15. The summed E-state index contributed by atoms with van der Waals surface area (Å²) in [6.07, 6.45) is 2.02. The van der Waals surface area contributed by atoms with Gasteiger partial charge in [0, 0.05) is 5.92 Å². The maximum absolute atomic E-state index is 12.7. The summed E-state index contributed by atoms with van der Waals surface area (Å²) >= 11 is 0. The number of methoxy groups -OCH3 is 1. The SMILES string of the molecule is C=CC1CC(C(=O)OCC)(C(=O)OCC)Cc2ccc(C(=O)OC)cc21. The molecule has 6 nitrogen and oxygen atoms in total. The van der Waals surface area contributed by atoms with Gasteiger partial charge in [-0.1, -0.05) is 12.1 Å². The van der Waals surface area contributed by atoms with Gasteiger partial charge in [0.25, 0.3) is 0 Å². The van der Waals surface area contributed by atoms with Crippen LogP contribution in [0.25, 0.3) is 0 Å². The van der Waals surface area contributed by atoms with Gasteiger partial charge in [0.15, 0.2) is 5.41 Å². The first-order valence-electron chi connectivity index (χ1n) is 8.61. The van der Waals surface area contributed by atoms with Crippen LogP contribution in [0.1, 0.15) is 47.7 Å². The molecule has 1 aliphatic carbocycles. The first-order chi connectivity index (χ1) is 12.4. The Hall–Kier alpha value is -2.63. The number of fused-ring (bicyclic) bond motifs is 1. The molecule has 0 fully saturated rings. The van der Waals surface area contributed by atoms with Crippen molar-refractivity contribution in [1.82, 2.24) is 0 Å². The van der Waals surface area contributed by atoms with Crippen LogP contribution >= 0.6 is 0 Å². The number of allylic oxidation sites excluding steroid dienone is 1. The van der Waals surface area contributed by atoms with Gasteiger partial charge < -0.3 is 14.2 Å². The summed E-state index contributed by atoms with van der Waals surface area (Å²) in [4.78, 5) is 37.2. The number of esters is 3. The van der Waals surface area contributed by atoms with Crippen molar-refractivity contribution in [3.05, 3.63) is 47.5 Å². The molecule has 0 bridgehead atoms. The van der Waals surface area contributed by atoms with Crippen molar-refractivity contribution in [2.45, 2.75) is 32.6 Å². The molecule has 2 rings (SSSR count). The summed E-state index contributed by atoms with van der Waals surface area (Å²) in [6, 6.07) is 5.09. The van der Waals surface area contributed by atoms with Crippen molar-refractivity contribution in [3.63, 3.8) is 0 Å². The average Bonchev–Trinajstić information content (AvgIpc) is 2.66. The first kappa shape index (κ1) is 19.7. The van der Waals surface area contributed by atoms with Gasteiger partial charge in [0.1, 0.15) is 0 Å². The van der Waals surface area contributed by atoms with Crippen molar-refractivity contribution in [2.24, 2.45) is 5.41 Å². The second kappa shape index (κ2) is 8.17. The van der Waals surface area contributed by atoms with Crippen LogP contribution in [-0.4, -0.2) is 38.2 Å². The molecule has 0 aliphatic heterocycles. The quantitative estimate of drug-likeness (QED) is 0.336. The average molecular weight is 360 g/mol. The molecule has 0 amide bonds. The van der Waals surface area contributed by atoms with Crippen LogP contribution in [0, 0.1) is 5.41 Å². The largest absolute Gasteiger partial charge is 0.465 e. The summed E-state index contributed by atoms with van der Waals surface area (Å²) < 4.78 is 15.1. The van der Waals surface area contributed by atoms with Gasteiger partial charge >= 0.3 is 17.9 Å². The molecule has 1 aliphatic rings. The predicted molar refractivity (Wildman–Crippen MR) is 94.7 cm³/mol. The number of ether oxygens (including phenoxy) is 3. The zero-order valence-corrected chi connectivity index (χ0v) is 15.4. The highest BCUT2D eigenvalue weighted by molar-refractivity contribution is 6.01.